The Morgan fingerprint density at radius 3 is 2.40 bits per heavy atom. The molecule has 2 N–H and O–H groups in total. The summed E-state index contributed by atoms with van der Waals surface area (Å²) >= 11 is 17.0. The molecule has 0 spiro atoms. The Bertz CT molecular complexity index is 268. The van der Waals surface area contributed by atoms with Crippen LogP contribution in [0.4, 0.5) is 4.79 Å². The van der Waals surface area contributed by atoms with Crippen molar-refractivity contribution in [1.82, 2.24) is 4.90 Å². The van der Waals surface area contributed by atoms with Crippen molar-refractivity contribution in [2.45, 2.75) is 35.2 Å². The maximum Gasteiger partial charge on any atom is 0.407 e. The number of aliphatic hydroxyl groups is 1. The van der Waals surface area contributed by atoms with Crippen LogP contribution in [0.15, 0.2) is 0 Å². The van der Waals surface area contributed by atoms with E-state index in [1.54, 1.807) is 6.92 Å². The Kier molecular flexibility index (Phi) is 3.66. The van der Waals surface area contributed by atoms with Crippen molar-refractivity contribution in [3.63, 3.8) is 0 Å². The SMILES string of the molecule is CC1CC(O)(C(Cl)(Cl)Cl)CCN1C(=O)O. The Morgan fingerprint density at radius 2 is 2.07 bits per heavy atom. The van der Waals surface area contributed by atoms with Gasteiger partial charge in [0.25, 0.3) is 0 Å². The molecule has 2 unspecified atom stereocenters. The maximum absolute atomic E-state index is 10.8. The highest BCUT2D eigenvalue weighted by atomic mass is 35.6. The fraction of sp³-hybridized carbons (Fsp3) is 0.875. The summed E-state index contributed by atoms with van der Waals surface area (Å²) in [6.45, 7) is 1.84. The van der Waals surface area contributed by atoms with Crippen LogP contribution in [0.3, 0.4) is 0 Å². The lowest BCUT2D eigenvalue weighted by Crippen LogP contribution is -2.56. The van der Waals surface area contributed by atoms with Gasteiger partial charge in [-0.2, -0.15) is 0 Å². The predicted octanol–water partition coefficient (Wildman–Crippen LogP) is 2.25. The molecular weight excluding hydrogens is 264 g/mol. The molecule has 1 saturated heterocycles. The summed E-state index contributed by atoms with van der Waals surface area (Å²) in [6, 6.07) is -0.364. The summed E-state index contributed by atoms with van der Waals surface area (Å²) in [5, 5.41) is 18.9. The zero-order valence-electron chi connectivity index (χ0n) is 8.08. The highest BCUT2D eigenvalue weighted by molar-refractivity contribution is 6.68. The molecule has 1 amide bonds. The first kappa shape index (κ1) is 13.2. The molecule has 0 saturated carbocycles. The molecule has 1 fully saturated rings. The van der Waals surface area contributed by atoms with Gasteiger partial charge in [0.2, 0.25) is 3.79 Å². The average molecular weight is 277 g/mol. The van der Waals surface area contributed by atoms with Gasteiger partial charge in [-0.15, -0.1) is 0 Å². The first-order valence-corrected chi connectivity index (χ1v) is 5.59. The van der Waals surface area contributed by atoms with Crippen LogP contribution in [0.5, 0.6) is 0 Å². The number of hydrogen-bond acceptors (Lipinski definition) is 2. The average Bonchev–Trinajstić information content (AvgIpc) is 2.00. The molecule has 0 aliphatic carbocycles. The van der Waals surface area contributed by atoms with Gasteiger partial charge in [0.05, 0.1) is 0 Å². The molecule has 0 aromatic carbocycles. The molecule has 0 bridgehead atoms. The summed E-state index contributed by atoms with van der Waals surface area (Å²) < 4.78 is -1.79. The van der Waals surface area contributed by atoms with Gasteiger partial charge >= 0.3 is 6.09 Å². The minimum atomic E-state index is -1.79. The lowest BCUT2D eigenvalue weighted by molar-refractivity contribution is -0.0335. The van der Waals surface area contributed by atoms with Crippen molar-refractivity contribution >= 4 is 40.9 Å². The highest BCUT2D eigenvalue weighted by Crippen LogP contribution is 2.45. The van der Waals surface area contributed by atoms with E-state index in [9.17, 15) is 9.90 Å². The van der Waals surface area contributed by atoms with E-state index < -0.39 is 15.5 Å². The Morgan fingerprint density at radius 1 is 1.53 bits per heavy atom. The standard InChI is InChI=1S/C8H12Cl3NO3/c1-5-4-7(15,8(9,10)11)2-3-12(5)6(13)14/h5,15H,2-4H2,1H3,(H,13,14). The Balaban J connectivity index is 2.77. The van der Waals surface area contributed by atoms with Crippen molar-refractivity contribution in [2.24, 2.45) is 0 Å². The largest absolute Gasteiger partial charge is 0.465 e. The molecule has 88 valence electrons. The van der Waals surface area contributed by atoms with Crippen LogP contribution in [0.1, 0.15) is 19.8 Å². The number of amides is 1. The second-order valence-electron chi connectivity index (χ2n) is 3.81. The van der Waals surface area contributed by atoms with Crippen LogP contribution >= 0.6 is 34.8 Å². The van der Waals surface area contributed by atoms with Crippen LogP contribution in [0, 0.1) is 0 Å². The van der Waals surface area contributed by atoms with Crippen LogP contribution < -0.4 is 0 Å². The zero-order valence-corrected chi connectivity index (χ0v) is 10.4. The van der Waals surface area contributed by atoms with Crippen molar-refractivity contribution in [3.8, 4) is 0 Å². The molecular formula is C8H12Cl3NO3. The molecule has 4 nitrogen and oxygen atoms in total. The van der Waals surface area contributed by atoms with E-state index in [2.05, 4.69) is 0 Å². The number of alkyl halides is 3. The monoisotopic (exact) mass is 275 g/mol. The third-order valence-corrected chi connectivity index (χ3v) is 3.76. The number of halogens is 3. The molecule has 0 aromatic heterocycles. The van der Waals surface area contributed by atoms with Crippen LogP contribution in [0.25, 0.3) is 0 Å². The summed E-state index contributed by atoms with van der Waals surface area (Å²) in [6.07, 6.45) is -0.774. The quantitative estimate of drug-likeness (QED) is 0.667. The van der Waals surface area contributed by atoms with E-state index in [-0.39, 0.29) is 25.4 Å². The third kappa shape index (κ3) is 2.61. The Labute approximate surface area is 103 Å². The molecule has 0 radical (unpaired) electrons. The van der Waals surface area contributed by atoms with Crippen molar-refractivity contribution < 1.29 is 15.0 Å². The van der Waals surface area contributed by atoms with Crippen molar-refractivity contribution in [2.75, 3.05) is 6.54 Å². The molecule has 1 rings (SSSR count). The van der Waals surface area contributed by atoms with E-state index in [0.717, 1.165) is 0 Å². The molecule has 2 atom stereocenters. The van der Waals surface area contributed by atoms with Gasteiger partial charge in [0, 0.05) is 19.0 Å². The zero-order chi connectivity index (χ0) is 11.9. The van der Waals surface area contributed by atoms with Gasteiger partial charge in [0.1, 0.15) is 5.60 Å². The third-order valence-electron chi connectivity index (χ3n) is 2.70. The van der Waals surface area contributed by atoms with Crippen molar-refractivity contribution in [1.29, 1.82) is 0 Å². The van der Waals surface area contributed by atoms with Crippen LogP contribution in [-0.2, 0) is 0 Å². The Hall–Kier alpha value is 0.1000. The molecule has 1 heterocycles. The van der Waals surface area contributed by atoms with Gasteiger partial charge in [-0.3, -0.25) is 0 Å². The number of likely N-dealkylation sites (tertiary alicyclic amines) is 1. The maximum atomic E-state index is 10.8. The van der Waals surface area contributed by atoms with E-state index in [0.29, 0.717) is 0 Å². The van der Waals surface area contributed by atoms with Gasteiger partial charge in [-0.1, -0.05) is 34.8 Å². The summed E-state index contributed by atoms with van der Waals surface area (Å²) in [5.41, 5.74) is -1.46. The highest BCUT2D eigenvalue weighted by Gasteiger charge is 2.51. The number of piperidine rings is 1. The smallest absolute Gasteiger partial charge is 0.407 e. The predicted molar refractivity (Wildman–Crippen MR) is 58.7 cm³/mol. The minimum Gasteiger partial charge on any atom is -0.465 e. The fourth-order valence-electron chi connectivity index (χ4n) is 1.77. The fourth-order valence-corrected chi connectivity index (χ4v) is 2.28. The summed E-state index contributed by atoms with van der Waals surface area (Å²) in [7, 11) is 0. The van der Waals surface area contributed by atoms with E-state index >= 15 is 0 Å². The number of carboxylic acid groups (broad SMARTS) is 1. The second kappa shape index (κ2) is 4.17. The number of hydrogen-bond donors (Lipinski definition) is 2. The first-order chi connectivity index (χ1) is 6.67. The lowest BCUT2D eigenvalue weighted by Gasteiger charge is -2.44. The lowest BCUT2D eigenvalue weighted by atomic mass is 9.88. The summed E-state index contributed by atoms with van der Waals surface area (Å²) in [5.74, 6) is 0. The molecule has 15 heavy (non-hydrogen) atoms. The topological polar surface area (TPSA) is 60.8 Å². The van der Waals surface area contributed by atoms with Gasteiger partial charge < -0.3 is 15.1 Å². The summed E-state index contributed by atoms with van der Waals surface area (Å²) in [4.78, 5) is 12.0. The number of nitrogens with zero attached hydrogens (tertiary/aromatic N) is 1. The molecule has 0 aromatic rings. The van der Waals surface area contributed by atoms with E-state index in [1.165, 1.54) is 4.90 Å². The molecule has 1 aliphatic heterocycles. The first-order valence-electron chi connectivity index (χ1n) is 4.46. The van der Waals surface area contributed by atoms with Gasteiger partial charge in [-0.25, -0.2) is 4.79 Å². The minimum absolute atomic E-state index is 0.121. The number of rotatable bonds is 0. The van der Waals surface area contributed by atoms with Crippen molar-refractivity contribution in [3.05, 3.63) is 0 Å². The molecule has 1 aliphatic rings. The van der Waals surface area contributed by atoms with Crippen LogP contribution in [-0.4, -0.2) is 43.2 Å². The number of carbonyl (C=O) groups is 1. The van der Waals surface area contributed by atoms with E-state index in [4.69, 9.17) is 39.9 Å². The molecule has 7 heteroatoms. The van der Waals surface area contributed by atoms with Gasteiger partial charge in [0.15, 0.2) is 0 Å². The second-order valence-corrected chi connectivity index (χ2v) is 6.09. The van der Waals surface area contributed by atoms with E-state index in [1.807, 2.05) is 0 Å². The van der Waals surface area contributed by atoms with Gasteiger partial charge in [-0.05, 0) is 13.3 Å². The normalized spacial score (nSPS) is 32.9. The van der Waals surface area contributed by atoms with Crippen LogP contribution in [0.2, 0.25) is 0 Å².